The molecule has 1 aromatic heterocycles. The van der Waals surface area contributed by atoms with E-state index in [0.717, 1.165) is 21.6 Å². The van der Waals surface area contributed by atoms with E-state index in [1.165, 1.54) is 0 Å². The van der Waals surface area contributed by atoms with Crippen molar-refractivity contribution in [3.8, 4) is 0 Å². The van der Waals surface area contributed by atoms with Gasteiger partial charge in [-0.3, -0.25) is 4.79 Å². The van der Waals surface area contributed by atoms with E-state index in [2.05, 4.69) is 0 Å². The number of nitrogen functional groups attached to an aromatic ring is 1. The zero-order valence-corrected chi connectivity index (χ0v) is 10.8. The number of carbonyl (C=O) groups excluding carboxylic acids is 1. The number of nitrogens with two attached hydrogens (primary N) is 1. The number of hydrogen-bond acceptors (Lipinski definition) is 3. The molecule has 0 saturated carbocycles. The molecular weight excluding hydrogens is 277 g/mol. The zero-order chi connectivity index (χ0) is 14.2. The number of benzene rings is 1. The molecule has 0 bridgehead atoms. The van der Waals surface area contributed by atoms with E-state index >= 15 is 0 Å². The van der Waals surface area contributed by atoms with Gasteiger partial charge in [-0.1, -0.05) is 12.1 Å². The highest BCUT2D eigenvalue weighted by Gasteiger charge is 2.28. The average Bonchev–Trinajstić information content (AvgIpc) is 2.62. The molecule has 0 aliphatic heterocycles. The molecule has 1 amide bonds. The number of rotatable bonds is 2. The van der Waals surface area contributed by atoms with Crippen molar-refractivity contribution >= 4 is 33.0 Å². The number of alkyl halides is 3. The van der Waals surface area contributed by atoms with Crippen LogP contribution < -0.4 is 11.1 Å². The molecule has 3 N–H and O–H groups in total. The van der Waals surface area contributed by atoms with Crippen LogP contribution in [0.2, 0.25) is 0 Å². The number of hydrogen-bond donors (Lipinski definition) is 2. The van der Waals surface area contributed by atoms with Crippen LogP contribution in [0.15, 0.2) is 18.2 Å². The number of thiophene rings is 1. The summed E-state index contributed by atoms with van der Waals surface area (Å²) in [4.78, 5) is 11.8. The number of halogens is 3. The summed E-state index contributed by atoms with van der Waals surface area (Å²) < 4.78 is 36.9. The van der Waals surface area contributed by atoms with Gasteiger partial charge in [0.25, 0.3) is 5.91 Å². The monoisotopic (exact) mass is 288 g/mol. The molecule has 0 spiro atoms. The van der Waals surface area contributed by atoms with Crippen molar-refractivity contribution in [1.82, 2.24) is 5.32 Å². The van der Waals surface area contributed by atoms with E-state index in [-0.39, 0.29) is 10.6 Å². The van der Waals surface area contributed by atoms with Gasteiger partial charge in [-0.2, -0.15) is 13.2 Å². The molecule has 1 heterocycles. The van der Waals surface area contributed by atoms with Gasteiger partial charge >= 0.3 is 6.18 Å². The predicted molar refractivity (Wildman–Crippen MR) is 69.4 cm³/mol. The second kappa shape index (κ2) is 4.73. The lowest BCUT2D eigenvalue weighted by Crippen LogP contribution is -2.33. The van der Waals surface area contributed by atoms with E-state index in [0.29, 0.717) is 5.39 Å². The van der Waals surface area contributed by atoms with Gasteiger partial charge in [0, 0.05) is 10.1 Å². The molecule has 2 rings (SSSR count). The largest absolute Gasteiger partial charge is 0.405 e. The lowest BCUT2D eigenvalue weighted by Gasteiger charge is -2.07. The smallest absolute Gasteiger partial charge is 0.397 e. The Morgan fingerprint density at radius 3 is 2.74 bits per heavy atom. The first-order valence-corrected chi connectivity index (χ1v) is 6.23. The van der Waals surface area contributed by atoms with Crippen LogP contribution in [0.3, 0.4) is 0 Å². The molecular formula is C12H11F3N2OS. The normalized spacial score (nSPS) is 11.8. The lowest BCUT2D eigenvalue weighted by atomic mass is 10.1. The summed E-state index contributed by atoms with van der Waals surface area (Å²) in [6.07, 6.45) is -4.43. The Labute approximate surface area is 111 Å². The van der Waals surface area contributed by atoms with Crippen molar-refractivity contribution in [1.29, 1.82) is 0 Å². The van der Waals surface area contributed by atoms with Gasteiger partial charge in [0.05, 0.1) is 5.69 Å². The topological polar surface area (TPSA) is 55.1 Å². The van der Waals surface area contributed by atoms with E-state index in [1.807, 2.05) is 24.4 Å². The van der Waals surface area contributed by atoms with Crippen molar-refractivity contribution in [2.24, 2.45) is 0 Å². The summed E-state index contributed by atoms with van der Waals surface area (Å²) in [6, 6.07) is 5.44. The highest BCUT2D eigenvalue weighted by atomic mass is 32.1. The fourth-order valence-corrected chi connectivity index (χ4v) is 2.79. The van der Waals surface area contributed by atoms with Crippen LogP contribution in [0, 0.1) is 6.92 Å². The Kier molecular flexibility index (Phi) is 3.40. The minimum atomic E-state index is -4.43. The summed E-state index contributed by atoms with van der Waals surface area (Å²) in [5.74, 6) is -0.798. The Hall–Kier alpha value is -1.76. The second-order valence-corrected chi connectivity index (χ2v) is 5.19. The Morgan fingerprint density at radius 1 is 1.42 bits per heavy atom. The molecule has 0 saturated heterocycles. The third-order valence-electron chi connectivity index (χ3n) is 2.54. The third kappa shape index (κ3) is 2.98. The Bertz CT molecular complexity index is 634. The minimum Gasteiger partial charge on any atom is -0.397 e. The first-order valence-electron chi connectivity index (χ1n) is 5.41. The Balaban J connectivity index is 2.30. The van der Waals surface area contributed by atoms with Crippen molar-refractivity contribution in [3.05, 3.63) is 28.6 Å². The summed E-state index contributed by atoms with van der Waals surface area (Å²) in [7, 11) is 0. The Morgan fingerprint density at radius 2 is 2.11 bits per heavy atom. The molecule has 0 unspecified atom stereocenters. The first kappa shape index (κ1) is 13.7. The van der Waals surface area contributed by atoms with Gasteiger partial charge < -0.3 is 11.1 Å². The van der Waals surface area contributed by atoms with Crippen molar-refractivity contribution in [2.75, 3.05) is 12.3 Å². The predicted octanol–water partition coefficient (Wildman–Crippen LogP) is 3.08. The highest BCUT2D eigenvalue weighted by molar-refractivity contribution is 7.21. The van der Waals surface area contributed by atoms with Gasteiger partial charge in [-0.25, -0.2) is 0 Å². The number of aryl methyl sites for hydroxylation is 1. The first-order chi connectivity index (χ1) is 8.78. The fourth-order valence-electron chi connectivity index (χ4n) is 1.65. The van der Waals surface area contributed by atoms with E-state index in [9.17, 15) is 18.0 Å². The van der Waals surface area contributed by atoms with Gasteiger partial charge in [0.15, 0.2) is 0 Å². The van der Waals surface area contributed by atoms with Gasteiger partial charge in [-0.15, -0.1) is 11.3 Å². The van der Waals surface area contributed by atoms with Crippen LogP contribution in [-0.2, 0) is 0 Å². The number of amides is 1. The average molecular weight is 288 g/mol. The SMILES string of the molecule is Cc1ccc2c(N)c(C(=O)NCC(F)(F)F)sc2c1. The van der Waals surface area contributed by atoms with Gasteiger partial charge in [-0.05, 0) is 18.6 Å². The molecule has 102 valence electrons. The summed E-state index contributed by atoms with van der Waals surface area (Å²) in [5, 5.41) is 2.51. The van der Waals surface area contributed by atoms with Crippen LogP contribution in [0.1, 0.15) is 15.2 Å². The summed E-state index contributed by atoms with van der Waals surface area (Å²) in [5.41, 5.74) is 7.02. The standard InChI is InChI=1S/C12H11F3N2OS/c1-6-2-3-7-8(4-6)19-10(9(7)16)11(18)17-5-12(13,14)15/h2-4H,5,16H2,1H3,(H,17,18). The molecule has 19 heavy (non-hydrogen) atoms. The molecule has 0 aliphatic carbocycles. The molecule has 0 atom stereocenters. The minimum absolute atomic E-state index is 0.116. The molecule has 0 aliphatic rings. The summed E-state index contributed by atoms with van der Waals surface area (Å²) in [6.45, 7) is 0.525. The molecule has 7 heteroatoms. The van der Waals surface area contributed by atoms with E-state index in [4.69, 9.17) is 5.73 Å². The molecule has 0 radical (unpaired) electrons. The number of nitrogens with one attached hydrogen (secondary N) is 1. The lowest BCUT2D eigenvalue weighted by molar-refractivity contribution is -0.123. The second-order valence-electron chi connectivity index (χ2n) is 4.14. The number of anilines is 1. The fraction of sp³-hybridized carbons (Fsp3) is 0.250. The maximum Gasteiger partial charge on any atom is 0.405 e. The van der Waals surface area contributed by atoms with Crippen LogP contribution in [0.5, 0.6) is 0 Å². The number of fused-ring (bicyclic) bond motifs is 1. The summed E-state index contributed by atoms with van der Waals surface area (Å²) >= 11 is 1.09. The maximum atomic E-state index is 12.0. The third-order valence-corrected chi connectivity index (χ3v) is 3.71. The molecule has 2 aromatic rings. The molecule has 0 fully saturated rings. The van der Waals surface area contributed by atoms with Crippen LogP contribution in [0.25, 0.3) is 10.1 Å². The van der Waals surface area contributed by atoms with Gasteiger partial charge in [0.1, 0.15) is 11.4 Å². The van der Waals surface area contributed by atoms with Crippen LogP contribution in [-0.4, -0.2) is 18.6 Å². The highest BCUT2D eigenvalue weighted by Crippen LogP contribution is 2.34. The van der Waals surface area contributed by atoms with E-state index in [1.54, 1.807) is 6.07 Å². The van der Waals surface area contributed by atoms with Crippen LogP contribution in [0.4, 0.5) is 18.9 Å². The van der Waals surface area contributed by atoms with Crippen LogP contribution >= 0.6 is 11.3 Å². The quantitative estimate of drug-likeness (QED) is 0.892. The van der Waals surface area contributed by atoms with Crippen molar-refractivity contribution in [3.63, 3.8) is 0 Å². The van der Waals surface area contributed by atoms with Gasteiger partial charge in [0.2, 0.25) is 0 Å². The zero-order valence-electron chi connectivity index (χ0n) is 9.97. The molecule has 3 nitrogen and oxygen atoms in total. The molecule has 1 aromatic carbocycles. The van der Waals surface area contributed by atoms with E-state index < -0.39 is 18.6 Å². The van der Waals surface area contributed by atoms with Crippen molar-refractivity contribution < 1.29 is 18.0 Å². The maximum absolute atomic E-state index is 12.0. The number of carbonyl (C=O) groups is 1. The van der Waals surface area contributed by atoms with Crippen molar-refractivity contribution in [2.45, 2.75) is 13.1 Å².